The van der Waals surface area contributed by atoms with E-state index in [4.69, 9.17) is 28.4 Å². The molecule has 1 aromatic carbocycles. The third-order valence-corrected chi connectivity index (χ3v) is 12.1. The summed E-state index contributed by atoms with van der Waals surface area (Å²) in [6.07, 6.45) is -1.00. The molecular formula is C38H46N2O12S. The molecule has 53 heavy (non-hydrogen) atoms. The largest absolute Gasteiger partial charge is 0.467 e. The van der Waals surface area contributed by atoms with Gasteiger partial charge in [-0.25, -0.2) is 9.78 Å². The summed E-state index contributed by atoms with van der Waals surface area (Å²) >= 11 is 1.43. The average molecular weight is 755 g/mol. The Morgan fingerprint density at radius 1 is 1.00 bits per heavy atom. The molecule has 1 N–H and O–H groups in total. The molecule has 2 saturated carbocycles. The molecule has 10 unspecified atom stereocenters. The minimum absolute atomic E-state index is 0.0915. The van der Waals surface area contributed by atoms with E-state index in [1.807, 2.05) is 19.1 Å². The number of nitrogens with zero attached hydrogens (tertiary/aromatic N) is 1. The third kappa shape index (κ3) is 7.96. The van der Waals surface area contributed by atoms with E-state index in [1.54, 1.807) is 12.3 Å². The molecule has 286 valence electrons. The molecule has 10 atom stereocenters. The standard InChI is InChI=1S/C38H46N2O12S/c1-18-17-39-37(53-18)40-29(45)12-8-23-16-28(44)38(5)14-13-26-25-11-9-24(15-22(25)7-10-27(26)30(23)38)51-36-34(50-21(4)43)32(49-20(3)42)31(48-19(2)41)33(52-36)35(46)47-6/h9,11,15,17,23,26-27,30-34,36H,7-8,10,12-14,16H2,1-6H3,(H,39,40,45). The number of aromatic nitrogens is 1. The zero-order valence-electron chi connectivity index (χ0n) is 30.7. The quantitative estimate of drug-likeness (QED) is 0.263. The lowest BCUT2D eigenvalue weighted by Crippen LogP contribution is -2.64. The van der Waals surface area contributed by atoms with Crippen molar-refractivity contribution in [3.05, 3.63) is 40.4 Å². The van der Waals surface area contributed by atoms with Crippen LogP contribution in [0.5, 0.6) is 5.75 Å². The number of fused-ring (bicyclic) bond motifs is 5. The number of carbonyl (C=O) groups is 6. The fourth-order valence-electron chi connectivity index (χ4n) is 9.18. The van der Waals surface area contributed by atoms with Crippen LogP contribution in [0, 0.1) is 30.1 Å². The van der Waals surface area contributed by atoms with Crippen LogP contribution in [0.25, 0.3) is 0 Å². The van der Waals surface area contributed by atoms with Crippen molar-refractivity contribution >= 4 is 52.0 Å². The number of methoxy groups -OCH3 is 1. The van der Waals surface area contributed by atoms with Crippen LogP contribution in [0.4, 0.5) is 5.13 Å². The van der Waals surface area contributed by atoms with Gasteiger partial charge in [0, 0.05) is 50.1 Å². The topological polar surface area (TPSA) is 183 Å². The number of Topliss-reactive ketones (excluding diaryl/α,β-unsaturated/α-hetero) is 1. The average Bonchev–Trinajstić information content (AvgIpc) is 3.62. The molecule has 1 aromatic heterocycles. The Hall–Kier alpha value is -4.37. The van der Waals surface area contributed by atoms with Crippen LogP contribution in [0.2, 0.25) is 0 Å². The summed E-state index contributed by atoms with van der Waals surface area (Å²) in [4.78, 5) is 80.9. The highest BCUT2D eigenvalue weighted by Crippen LogP contribution is 2.62. The monoisotopic (exact) mass is 754 g/mol. The van der Waals surface area contributed by atoms with Crippen LogP contribution < -0.4 is 10.1 Å². The highest BCUT2D eigenvalue weighted by atomic mass is 32.1. The Bertz CT molecular complexity index is 1780. The van der Waals surface area contributed by atoms with Crippen molar-refractivity contribution in [2.45, 2.75) is 116 Å². The van der Waals surface area contributed by atoms with Crippen molar-refractivity contribution in [1.29, 1.82) is 0 Å². The first kappa shape index (κ1) is 38.4. The zero-order chi connectivity index (χ0) is 38.2. The van der Waals surface area contributed by atoms with Gasteiger partial charge < -0.3 is 33.7 Å². The first-order valence-corrected chi connectivity index (χ1v) is 18.8. The summed E-state index contributed by atoms with van der Waals surface area (Å²) < 4.78 is 33.4. The van der Waals surface area contributed by atoms with Gasteiger partial charge in [-0.3, -0.25) is 24.0 Å². The number of rotatable bonds is 10. The highest BCUT2D eigenvalue weighted by molar-refractivity contribution is 7.15. The van der Waals surface area contributed by atoms with E-state index in [-0.39, 0.29) is 29.6 Å². The van der Waals surface area contributed by atoms with Crippen LogP contribution >= 0.6 is 11.3 Å². The maximum absolute atomic E-state index is 13.5. The van der Waals surface area contributed by atoms with Gasteiger partial charge in [-0.15, -0.1) is 11.3 Å². The Labute approximate surface area is 311 Å². The van der Waals surface area contributed by atoms with Gasteiger partial charge in [0.15, 0.2) is 23.4 Å². The van der Waals surface area contributed by atoms with Gasteiger partial charge in [-0.05, 0) is 86.0 Å². The number of ether oxygens (including phenoxy) is 6. The van der Waals surface area contributed by atoms with E-state index in [0.29, 0.717) is 35.9 Å². The van der Waals surface area contributed by atoms with E-state index in [0.717, 1.165) is 64.0 Å². The smallest absolute Gasteiger partial charge is 0.339 e. The van der Waals surface area contributed by atoms with Crippen molar-refractivity contribution in [3.8, 4) is 5.75 Å². The fraction of sp³-hybridized carbons (Fsp3) is 0.605. The molecular weight excluding hydrogens is 708 g/mol. The van der Waals surface area contributed by atoms with Gasteiger partial charge in [-0.1, -0.05) is 13.0 Å². The Morgan fingerprint density at radius 2 is 1.70 bits per heavy atom. The maximum Gasteiger partial charge on any atom is 0.339 e. The summed E-state index contributed by atoms with van der Waals surface area (Å²) in [5.74, 6) is -1.92. The lowest BCUT2D eigenvalue weighted by atomic mass is 9.54. The second-order valence-corrected chi connectivity index (χ2v) is 15.9. The van der Waals surface area contributed by atoms with E-state index in [2.05, 4.69) is 17.2 Å². The number of hydrogen-bond donors (Lipinski definition) is 1. The van der Waals surface area contributed by atoms with Crippen molar-refractivity contribution in [2.24, 2.45) is 23.2 Å². The molecule has 6 rings (SSSR count). The predicted molar refractivity (Wildman–Crippen MR) is 188 cm³/mol. The number of benzene rings is 1. The molecule has 0 spiro atoms. The Kier molecular flexibility index (Phi) is 11.2. The van der Waals surface area contributed by atoms with Crippen LogP contribution in [0.15, 0.2) is 24.4 Å². The van der Waals surface area contributed by atoms with E-state index in [9.17, 15) is 28.8 Å². The van der Waals surface area contributed by atoms with Crippen molar-refractivity contribution < 1.29 is 57.2 Å². The predicted octanol–water partition coefficient (Wildman–Crippen LogP) is 4.59. The number of thiazole rings is 1. The van der Waals surface area contributed by atoms with E-state index in [1.165, 1.54) is 16.9 Å². The summed E-state index contributed by atoms with van der Waals surface area (Å²) in [7, 11) is 1.13. The lowest BCUT2D eigenvalue weighted by Gasteiger charge is -2.50. The third-order valence-electron chi connectivity index (χ3n) is 11.2. The lowest BCUT2D eigenvalue weighted by molar-refractivity contribution is -0.282. The maximum atomic E-state index is 13.5. The van der Waals surface area contributed by atoms with Crippen molar-refractivity contribution in [1.82, 2.24) is 4.98 Å². The molecule has 1 amide bonds. The zero-order valence-corrected chi connectivity index (χ0v) is 31.5. The Balaban J connectivity index is 1.21. The number of amides is 1. The summed E-state index contributed by atoms with van der Waals surface area (Å²) in [6, 6.07) is 5.67. The number of hydrogen-bond acceptors (Lipinski definition) is 14. The van der Waals surface area contributed by atoms with Gasteiger partial charge >= 0.3 is 23.9 Å². The molecule has 2 heterocycles. The second-order valence-electron chi connectivity index (χ2n) is 14.7. The van der Waals surface area contributed by atoms with E-state index < -0.39 is 60.0 Å². The molecule has 3 fully saturated rings. The van der Waals surface area contributed by atoms with Crippen LogP contribution in [0.1, 0.15) is 88.1 Å². The number of carbonyl (C=O) groups excluding carboxylic acids is 6. The minimum Gasteiger partial charge on any atom is -0.467 e. The molecule has 15 heteroatoms. The van der Waals surface area contributed by atoms with Gasteiger partial charge in [0.05, 0.1) is 7.11 Å². The molecule has 1 saturated heterocycles. The number of ketones is 1. The summed E-state index contributed by atoms with van der Waals surface area (Å²) in [5.41, 5.74) is 1.81. The van der Waals surface area contributed by atoms with Crippen molar-refractivity contribution in [3.63, 3.8) is 0 Å². The summed E-state index contributed by atoms with van der Waals surface area (Å²) in [5, 5.41) is 3.48. The fourth-order valence-corrected chi connectivity index (χ4v) is 9.86. The van der Waals surface area contributed by atoms with Gasteiger partial charge in [0.2, 0.25) is 18.3 Å². The summed E-state index contributed by atoms with van der Waals surface area (Å²) in [6.45, 7) is 7.45. The first-order chi connectivity index (χ1) is 25.2. The molecule has 0 bridgehead atoms. The highest BCUT2D eigenvalue weighted by Gasteiger charge is 2.59. The number of aryl methyl sites for hydroxylation is 2. The van der Waals surface area contributed by atoms with Crippen LogP contribution in [0.3, 0.4) is 0 Å². The van der Waals surface area contributed by atoms with Crippen LogP contribution in [-0.2, 0) is 58.9 Å². The van der Waals surface area contributed by atoms with Gasteiger partial charge in [-0.2, -0.15) is 0 Å². The molecule has 2 aromatic rings. The Morgan fingerprint density at radius 3 is 2.36 bits per heavy atom. The number of esters is 4. The van der Waals surface area contributed by atoms with E-state index >= 15 is 0 Å². The number of anilines is 1. The normalized spacial score (nSPS) is 31.6. The van der Waals surface area contributed by atoms with Gasteiger partial charge in [0.25, 0.3) is 0 Å². The molecule has 3 aliphatic carbocycles. The molecule has 4 aliphatic rings. The SMILES string of the molecule is COC(=O)C1OC(Oc2ccc3c(c2)CCC2C3CCC3(C)C(=O)CC(CCC(=O)Nc4ncc(C)s4)C23)C(OC(C)=O)C(OC(C)=O)C1OC(C)=O. The number of nitrogens with one attached hydrogen (secondary N) is 1. The minimum atomic E-state index is -1.57. The van der Waals surface area contributed by atoms with Gasteiger partial charge in [0.1, 0.15) is 11.5 Å². The van der Waals surface area contributed by atoms with Crippen molar-refractivity contribution in [2.75, 3.05) is 12.4 Å². The second kappa shape index (κ2) is 15.5. The van der Waals surface area contributed by atoms with Crippen LogP contribution in [-0.4, -0.2) is 78.4 Å². The first-order valence-electron chi connectivity index (χ1n) is 18.0. The molecule has 1 aliphatic heterocycles. The molecule has 14 nitrogen and oxygen atoms in total. The molecule has 0 radical (unpaired) electrons.